The van der Waals surface area contributed by atoms with Crippen molar-refractivity contribution in [1.82, 2.24) is 10.3 Å². The van der Waals surface area contributed by atoms with Crippen LogP contribution in [0, 0.1) is 0 Å². The van der Waals surface area contributed by atoms with E-state index in [-0.39, 0.29) is 5.91 Å². The van der Waals surface area contributed by atoms with Crippen LogP contribution in [-0.2, 0) is 11.4 Å². The number of nitrogens with zero attached hydrogens (tertiary/aromatic N) is 3. The van der Waals surface area contributed by atoms with Gasteiger partial charge in [0.05, 0.1) is 12.5 Å². The first-order valence-electron chi connectivity index (χ1n) is 11.0. The lowest BCUT2D eigenvalue weighted by Gasteiger charge is -2.34. The number of hydrogen-bond donors (Lipinski definition) is 1. The molecule has 7 nitrogen and oxygen atoms in total. The average molecular weight is 473 g/mol. The Kier molecular flexibility index (Phi) is 6.22. The van der Waals surface area contributed by atoms with E-state index in [1.54, 1.807) is 12.1 Å². The molecule has 1 amide bonds. The summed E-state index contributed by atoms with van der Waals surface area (Å²) in [5.41, 5.74) is 2.40. The molecule has 0 bridgehead atoms. The Balaban J connectivity index is 1.54. The van der Waals surface area contributed by atoms with Gasteiger partial charge in [-0.15, -0.1) is 5.10 Å². The van der Waals surface area contributed by atoms with E-state index in [0.29, 0.717) is 29.0 Å². The van der Waals surface area contributed by atoms with Crippen LogP contribution in [0.25, 0.3) is 5.70 Å². The summed E-state index contributed by atoms with van der Waals surface area (Å²) in [4.78, 5) is 18.0. The summed E-state index contributed by atoms with van der Waals surface area (Å²) in [7, 11) is 1.61. The van der Waals surface area contributed by atoms with Gasteiger partial charge in [0.1, 0.15) is 12.3 Å². The predicted molar refractivity (Wildman–Crippen MR) is 133 cm³/mol. The van der Waals surface area contributed by atoms with Crippen LogP contribution in [0.4, 0.5) is 0 Å². The second-order valence-electron chi connectivity index (χ2n) is 7.69. The van der Waals surface area contributed by atoms with Gasteiger partial charge in [0.25, 0.3) is 5.91 Å². The highest BCUT2D eigenvalue weighted by atomic mass is 32.2. The van der Waals surface area contributed by atoms with E-state index in [4.69, 9.17) is 19.6 Å². The van der Waals surface area contributed by atoms with Gasteiger partial charge >= 0.3 is 0 Å². The quantitative estimate of drug-likeness (QED) is 0.597. The molecule has 0 fully saturated rings. The van der Waals surface area contributed by atoms with Gasteiger partial charge in [0, 0.05) is 10.8 Å². The smallest absolute Gasteiger partial charge is 0.276 e. The Morgan fingerprint density at radius 1 is 1.03 bits per heavy atom. The van der Waals surface area contributed by atoms with E-state index in [1.807, 2.05) is 79.7 Å². The number of amidine groups is 1. The fourth-order valence-electron chi connectivity index (χ4n) is 3.95. The molecule has 8 heteroatoms. The zero-order chi connectivity index (χ0) is 23.5. The minimum absolute atomic E-state index is 0.187. The highest BCUT2D eigenvalue weighted by molar-refractivity contribution is 8.13. The first-order valence-corrected chi connectivity index (χ1v) is 12.0. The second kappa shape index (κ2) is 9.61. The van der Waals surface area contributed by atoms with Crippen molar-refractivity contribution in [2.75, 3.05) is 12.9 Å². The third-order valence-electron chi connectivity index (χ3n) is 5.52. The number of fused-ring (bicyclic) bond motifs is 2. The van der Waals surface area contributed by atoms with Crippen LogP contribution >= 0.6 is 11.8 Å². The molecule has 0 aromatic heterocycles. The second-order valence-corrected chi connectivity index (χ2v) is 8.94. The molecule has 3 aromatic carbocycles. The maximum atomic E-state index is 13.1. The van der Waals surface area contributed by atoms with Crippen molar-refractivity contribution < 1.29 is 14.3 Å². The van der Waals surface area contributed by atoms with E-state index in [0.717, 1.165) is 27.5 Å². The summed E-state index contributed by atoms with van der Waals surface area (Å²) in [6.07, 6.45) is -0.513. The number of methoxy groups -OCH3 is 1. The number of thioether (sulfide) groups is 1. The minimum Gasteiger partial charge on any atom is -0.493 e. The minimum atomic E-state index is -0.513. The van der Waals surface area contributed by atoms with Gasteiger partial charge in [-0.3, -0.25) is 15.1 Å². The van der Waals surface area contributed by atoms with E-state index in [2.05, 4.69) is 5.32 Å². The molecule has 2 aliphatic rings. The summed E-state index contributed by atoms with van der Waals surface area (Å²) >= 11 is 1.48. The zero-order valence-corrected chi connectivity index (χ0v) is 19.7. The maximum Gasteiger partial charge on any atom is 0.276 e. The fraction of sp³-hybridized carbons (Fsp3) is 0.192. The molecule has 0 saturated heterocycles. The van der Waals surface area contributed by atoms with Crippen LogP contribution in [0.5, 0.6) is 11.5 Å². The predicted octanol–water partition coefficient (Wildman–Crippen LogP) is 3.17. The Labute approximate surface area is 201 Å². The lowest BCUT2D eigenvalue weighted by atomic mass is 10.1. The highest BCUT2D eigenvalue weighted by Crippen LogP contribution is 2.36. The Morgan fingerprint density at radius 3 is 2.62 bits per heavy atom. The largest absolute Gasteiger partial charge is 0.493 e. The highest BCUT2D eigenvalue weighted by Gasteiger charge is 2.34. The fourth-order valence-corrected chi connectivity index (χ4v) is 4.53. The number of benzene rings is 3. The van der Waals surface area contributed by atoms with Crippen LogP contribution in [0.2, 0.25) is 0 Å². The summed E-state index contributed by atoms with van der Waals surface area (Å²) in [5.74, 6) is 1.84. The molecule has 2 aliphatic heterocycles. The van der Waals surface area contributed by atoms with Crippen molar-refractivity contribution in [2.45, 2.75) is 19.7 Å². The van der Waals surface area contributed by atoms with Crippen molar-refractivity contribution in [3.8, 4) is 11.5 Å². The molecular weight excluding hydrogens is 448 g/mol. The number of carbonyl (C=O) groups is 1. The lowest BCUT2D eigenvalue weighted by molar-refractivity contribution is -0.116. The van der Waals surface area contributed by atoms with Crippen molar-refractivity contribution in [3.05, 3.63) is 94.5 Å². The molecule has 2 heterocycles. The van der Waals surface area contributed by atoms with Gasteiger partial charge in [-0.05, 0) is 29.5 Å². The number of hydrazone groups is 1. The van der Waals surface area contributed by atoms with Crippen LogP contribution in [0.15, 0.2) is 82.9 Å². The SMILES string of the molecule is CCSC1=NN2C(=c3ccccc3=N[C@@H]2c2ccc(OCc3ccccc3)c(OC)c2)C(=O)N1. The Morgan fingerprint density at radius 2 is 1.82 bits per heavy atom. The molecule has 3 aromatic rings. The number of hydrogen-bond acceptors (Lipinski definition) is 7. The molecule has 1 N–H and O–H groups in total. The van der Waals surface area contributed by atoms with Crippen molar-refractivity contribution >= 4 is 28.5 Å². The molecule has 172 valence electrons. The van der Waals surface area contributed by atoms with Crippen LogP contribution in [0.1, 0.15) is 24.2 Å². The molecule has 0 spiro atoms. The number of carbonyl (C=O) groups excluding carboxylic acids is 1. The standard InChI is InChI=1S/C26H24N4O3S/c1-3-34-26-28-25(31)23-19-11-7-8-12-20(19)27-24(30(23)29-26)18-13-14-21(22(15-18)32-2)33-16-17-9-5-4-6-10-17/h4-15,24H,3,16H2,1-2H3,(H,28,29,31)/t24-/m0/s1. The van der Waals surface area contributed by atoms with Gasteiger partial charge in [-0.2, -0.15) is 0 Å². The summed E-state index contributed by atoms with van der Waals surface area (Å²) < 4.78 is 11.7. The molecule has 0 aliphatic carbocycles. The van der Waals surface area contributed by atoms with Crippen LogP contribution < -0.4 is 25.4 Å². The van der Waals surface area contributed by atoms with Crippen LogP contribution in [0.3, 0.4) is 0 Å². The monoisotopic (exact) mass is 472 g/mol. The van der Waals surface area contributed by atoms with Crippen molar-refractivity contribution in [2.24, 2.45) is 10.1 Å². The van der Waals surface area contributed by atoms with E-state index < -0.39 is 6.17 Å². The van der Waals surface area contributed by atoms with Gasteiger partial charge in [-0.25, -0.2) is 5.01 Å². The average Bonchev–Trinajstić information content (AvgIpc) is 2.87. The van der Waals surface area contributed by atoms with Gasteiger partial charge in [0.15, 0.2) is 22.8 Å². The van der Waals surface area contributed by atoms with Gasteiger partial charge in [-0.1, -0.05) is 73.3 Å². The van der Waals surface area contributed by atoms with Crippen molar-refractivity contribution in [3.63, 3.8) is 0 Å². The number of amides is 1. The Hall–Kier alpha value is -3.78. The first-order chi connectivity index (χ1) is 16.7. The Bertz CT molecular complexity index is 1370. The topological polar surface area (TPSA) is 75.5 Å². The summed E-state index contributed by atoms with van der Waals surface area (Å²) in [5, 5.41) is 11.4. The molecular formula is C26H24N4O3S. The molecule has 34 heavy (non-hydrogen) atoms. The molecule has 0 unspecified atom stereocenters. The summed E-state index contributed by atoms with van der Waals surface area (Å²) in [6, 6.07) is 23.3. The maximum absolute atomic E-state index is 13.1. The van der Waals surface area contributed by atoms with E-state index in [9.17, 15) is 4.79 Å². The normalized spacial score (nSPS) is 16.6. The third-order valence-corrected chi connectivity index (χ3v) is 6.27. The number of ether oxygens (including phenoxy) is 2. The van der Waals surface area contributed by atoms with Gasteiger partial charge in [0.2, 0.25) is 0 Å². The molecule has 1 atom stereocenters. The number of nitrogens with one attached hydrogen (secondary N) is 1. The first kappa shape index (κ1) is 22.0. The molecule has 0 saturated carbocycles. The number of para-hydroxylation sites is 1. The number of rotatable bonds is 6. The zero-order valence-electron chi connectivity index (χ0n) is 18.9. The lowest BCUT2D eigenvalue weighted by Crippen LogP contribution is -2.50. The van der Waals surface area contributed by atoms with E-state index >= 15 is 0 Å². The van der Waals surface area contributed by atoms with Gasteiger partial charge < -0.3 is 9.47 Å². The van der Waals surface area contributed by atoms with Crippen molar-refractivity contribution in [1.29, 1.82) is 0 Å². The van der Waals surface area contributed by atoms with Crippen LogP contribution in [-0.4, -0.2) is 28.9 Å². The van der Waals surface area contributed by atoms with E-state index in [1.165, 1.54) is 11.8 Å². The molecule has 5 rings (SSSR count). The third kappa shape index (κ3) is 4.24. The summed E-state index contributed by atoms with van der Waals surface area (Å²) in [6.45, 7) is 2.45. The molecule has 0 radical (unpaired) electrons.